The molecule has 1 fully saturated rings. The molecule has 0 radical (unpaired) electrons. The summed E-state index contributed by atoms with van der Waals surface area (Å²) in [5, 5.41) is 4.14. The highest BCUT2D eigenvalue weighted by Gasteiger charge is 2.17. The summed E-state index contributed by atoms with van der Waals surface area (Å²) < 4.78 is 5.27. The fourth-order valence-corrected chi connectivity index (χ4v) is 2.67. The number of carbonyl (C=O) groups is 3. The molecule has 27 heavy (non-hydrogen) atoms. The van der Waals surface area contributed by atoms with Gasteiger partial charge in [0.25, 0.3) is 11.8 Å². The van der Waals surface area contributed by atoms with Gasteiger partial charge in [-0.3, -0.25) is 14.6 Å². The van der Waals surface area contributed by atoms with Crippen molar-refractivity contribution >= 4 is 17.8 Å². The molecule has 2 aromatic carbocycles. The summed E-state index contributed by atoms with van der Waals surface area (Å²) in [4.78, 5) is 36.2. The normalized spacial score (nSPS) is 13.7. The molecule has 0 aliphatic carbocycles. The molecule has 2 amide bonds. The molecule has 0 aromatic heterocycles. The molecule has 1 saturated heterocycles. The third-order valence-corrected chi connectivity index (χ3v) is 4.15. The lowest BCUT2D eigenvalue weighted by atomic mass is 10.2. The molecule has 2 aromatic rings. The van der Waals surface area contributed by atoms with Crippen molar-refractivity contribution < 1.29 is 19.1 Å². The van der Waals surface area contributed by atoms with Crippen LogP contribution in [0.25, 0.3) is 0 Å². The van der Waals surface area contributed by atoms with Gasteiger partial charge in [0, 0.05) is 18.7 Å². The number of nitrogens with zero attached hydrogens (tertiary/aromatic N) is 1. The van der Waals surface area contributed by atoms with Gasteiger partial charge in [0.2, 0.25) is 0 Å². The molecule has 0 atom stereocenters. The number of nitrogens with one attached hydrogen (secondary N) is 2. The van der Waals surface area contributed by atoms with Crippen LogP contribution in [0.15, 0.2) is 54.6 Å². The minimum Gasteiger partial charge on any atom is -0.423 e. The summed E-state index contributed by atoms with van der Waals surface area (Å²) in [5.74, 6) is -0.654. The Morgan fingerprint density at radius 1 is 0.963 bits per heavy atom. The van der Waals surface area contributed by atoms with Crippen molar-refractivity contribution in [1.82, 2.24) is 15.8 Å². The van der Waals surface area contributed by atoms with Gasteiger partial charge in [-0.1, -0.05) is 18.2 Å². The molecule has 1 heterocycles. The summed E-state index contributed by atoms with van der Waals surface area (Å²) >= 11 is 0. The van der Waals surface area contributed by atoms with Crippen LogP contribution in [0.4, 0.5) is 0 Å². The van der Waals surface area contributed by atoms with Crippen LogP contribution in [0.5, 0.6) is 5.75 Å². The van der Waals surface area contributed by atoms with E-state index in [1.54, 1.807) is 48.5 Å². The van der Waals surface area contributed by atoms with E-state index in [0.717, 1.165) is 19.4 Å². The molecule has 0 saturated carbocycles. The highest BCUT2D eigenvalue weighted by atomic mass is 16.5. The van der Waals surface area contributed by atoms with E-state index in [9.17, 15) is 14.4 Å². The van der Waals surface area contributed by atoms with Crippen molar-refractivity contribution in [3.63, 3.8) is 0 Å². The van der Waals surface area contributed by atoms with E-state index in [4.69, 9.17) is 4.74 Å². The second kappa shape index (κ2) is 8.95. The topological polar surface area (TPSA) is 87.7 Å². The number of benzene rings is 2. The van der Waals surface area contributed by atoms with Crippen LogP contribution in [0, 0.1) is 0 Å². The molecule has 0 unspecified atom stereocenters. The molecular weight excluding hydrogens is 346 g/mol. The zero-order chi connectivity index (χ0) is 19.1. The lowest BCUT2D eigenvalue weighted by molar-refractivity contribution is -0.134. The minimum atomic E-state index is -0.465. The zero-order valence-corrected chi connectivity index (χ0v) is 14.8. The molecule has 0 bridgehead atoms. The van der Waals surface area contributed by atoms with Gasteiger partial charge >= 0.3 is 5.97 Å². The van der Waals surface area contributed by atoms with Crippen molar-refractivity contribution in [3.8, 4) is 5.75 Å². The van der Waals surface area contributed by atoms with Gasteiger partial charge in [0.1, 0.15) is 5.75 Å². The summed E-state index contributed by atoms with van der Waals surface area (Å²) in [7, 11) is 0. The summed E-state index contributed by atoms with van der Waals surface area (Å²) in [6.45, 7) is 1.34. The average Bonchev–Trinajstić information content (AvgIpc) is 2.73. The largest absolute Gasteiger partial charge is 0.423 e. The van der Waals surface area contributed by atoms with Gasteiger partial charge in [-0.05, 0) is 49.2 Å². The number of carbonyl (C=O) groups excluding carboxylic acids is 3. The Morgan fingerprint density at radius 3 is 2.37 bits per heavy atom. The quantitative estimate of drug-likeness (QED) is 0.621. The monoisotopic (exact) mass is 367 g/mol. The van der Waals surface area contributed by atoms with Gasteiger partial charge < -0.3 is 10.1 Å². The maximum Gasteiger partial charge on any atom is 0.343 e. The molecule has 2 N–H and O–H groups in total. The second-order valence-electron chi connectivity index (χ2n) is 6.12. The molecule has 1 aliphatic rings. The Morgan fingerprint density at radius 2 is 1.70 bits per heavy atom. The van der Waals surface area contributed by atoms with Crippen LogP contribution in [-0.2, 0) is 4.79 Å². The number of hydrogen-bond acceptors (Lipinski definition) is 5. The van der Waals surface area contributed by atoms with Gasteiger partial charge in [-0.2, -0.15) is 0 Å². The highest BCUT2D eigenvalue weighted by Crippen LogP contribution is 2.14. The first-order valence-electron chi connectivity index (χ1n) is 8.83. The van der Waals surface area contributed by atoms with Crippen molar-refractivity contribution in [2.45, 2.75) is 12.8 Å². The lowest BCUT2D eigenvalue weighted by Crippen LogP contribution is -2.50. The smallest absolute Gasteiger partial charge is 0.343 e. The Labute approximate surface area is 157 Å². The molecule has 0 spiro atoms. The maximum absolute atomic E-state index is 12.2. The zero-order valence-electron chi connectivity index (χ0n) is 14.8. The van der Waals surface area contributed by atoms with E-state index >= 15 is 0 Å². The van der Waals surface area contributed by atoms with Crippen molar-refractivity contribution in [1.29, 1.82) is 0 Å². The number of ether oxygens (including phenoxy) is 1. The van der Waals surface area contributed by atoms with Crippen LogP contribution < -0.4 is 15.5 Å². The van der Waals surface area contributed by atoms with E-state index < -0.39 is 5.97 Å². The maximum atomic E-state index is 12.2. The van der Waals surface area contributed by atoms with Crippen LogP contribution in [0.3, 0.4) is 0 Å². The van der Waals surface area contributed by atoms with Crippen molar-refractivity contribution in [3.05, 3.63) is 65.7 Å². The predicted octanol–water partition coefficient (Wildman–Crippen LogP) is 1.76. The summed E-state index contributed by atoms with van der Waals surface area (Å²) in [6, 6.07) is 14.8. The molecular formula is C20H21N3O4. The van der Waals surface area contributed by atoms with E-state index in [1.165, 1.54) is 5.01 Å². The minimum absolute atomic E-state index is 0.0728. The Hall–Kier alpha value is -3.19. The van der Waals surface area contributed by atoms with Crippen LogP contribution >= 0.6 is 0 Å². The number of hydrazine groups is 1. The number of amides is 2. The predicted molar refractivity (Wildman–Crippen MR) is 99.1 cm³/mol. The van der Waals surface area contributed by atoms with E-state index in [-0.39, 0.29) is 18.4 Å². The third kappa shape index (κ3) is 5.15. The fourth-order valence-electron chi connectivity index (χ4n) is 2.67. The summed E-state index contributed by atoms with van der Waals surface area (Å²) in [5.41, 5.74) is 3.84. The van der Waals surface area contributed by atoms with E-state index in [0.29, 0.717) is 23.4 Å². The fraction of sp³-hybridized carbons (Fsp3) is 0.250. The molecule has 3 rings (SSSR count). The summed E-state index contributed by atoms with van der Waals surface area (Å²) in [6.07, 6.45) is 1.99. The Kier molecular flexibility index (Phi) is 6.17. The SMILES string of the molecule is O=C(NCC(=O)N1CCCCN1)c1ccc(OC(=O)c2ccccc2)cc1. The second-order valence-corrected chi connectivity index (χ2v) is 6.12. The first kappa shape index (κ1) is 18.6. The highest BCUT2D eigenvalue weighted by molar-refractivity contribution is 5.96. The lowest BCUT2D eigenvalue weighted by Gasteiger charge is -2.27. The number of rotatable bonds is 5. The first-order chi connectivity index (χ1) is 13.1. The van der Waals surface area contributed by atoms with Crippen LogP contribution in [-0.4, -0.2) is 42.4 Å². The number of esters is 1. The molecule has 1 aliphatic heterocycles. The van der Waals surface area contributed by atoms with Gasteiger partial charge in [0.15, 0.2) is 0 Å². The van der Waals surface area contributed by atoms with Gasteiger partial charge in [-0.25, -0.2) is 10.2 Å². The average molecular weight is 367 g/mol. The molecule has 7 heteroatoms. The Balaban J connectivity index is 1.51. The standard InChI is InChI=1S/C20H21N3O4/c24-18(23-13-5-4-12-22-23)14-21-19(25)15-8-10-17(11-9-15)27-20(26)16-6-2-1-3-7-16/h1-3,6-11,22H,4-5,12-14H2,(H,21,25). The van der Waals surface area contributed by atoms with Gasteiger partial charge in [0.05, 0.1) is 12.1 Å². The first-order valence-corrected chi connectivity index (χ1v) is 8.83. The Bertz CT molecular complexity index is 800. The van der Waals surface area contributed by atoms with E-state index in [2.05, 4.69) is 10.7 Å². The van der Waals surface area contributed by atoms with Crippen molar-refractivity contribution in [2.24, 2.45) is 0 Å². The molecule has 7 nitrogen and oxygen atoms in total. The van der Waals surface area contributed by atoms with Crippen molar-refractivity contribution in [2.75, 3.05) is 19.6 Å². The van der Waals surface area contributed by atoms with Gasteiger partial charge in [-0.15, -0.1) is 0 Å². The van der Waals surface area contributed by atoms with Crippen LogP contribution in [0.2, 0.25) is 0 Å². The third-order valence-electron chi connectivity index (χ3n) is 4.15. The molecule has 140 valence electrons. The van der Waals surface area contributed by atoms with E-state index in [1.807, 2.05) is 6.07 Å². The van der Waals surface area contributed by atoms with Crippen LogP contribution in [0.1, 0.15) is 33.6 Å². The number of hydrogen-bond donors (Lipinski definition) is 2.